The highest BCUT2D eigenvalue weighted by Crippen LogP contribution is 2.27. The molecule has 3 rings (SSSR count). The lowest BCUT2D eigenvalue weighted by atomic mass is 10.1. The van der Waals surface area contributed by atoms with E-state index >= 15 is 0 Å². The molecule has 1 heterocycles. The molecule has 2 aromatic carbocycles. The number of aromatic amines is 1. The van der Waals surface area contributed by atoms with Gasteiger partial charge in [0.15, 0.2) is 5.78 Å². The van der Waals surface area contributed by atoms with Gasteiger partial charge in [-0.3, -0.25) is 9.59 Å². The molecular formula is C27H34N4O6S. The molecule has 0 aliphatic heterocycles. The predicted octanol–water partition coefficient (Wildman–Crippen LogP) is 2.76. The monoisotopic (exact) mass is 542 g/mol. The average molecular weight is 543 g/mol. The molecule has 0 saturated carbocycles. The number of methoxy groups -OCH3 is 1. The number of sulfonamides is 1. The quantitative estimate of drug-likeness (QED) is 0.260. The Morgan fingerprint density at radius 1 is 1.05 bits per heavy atom. The fourth-order valence-electron chi connectivity index (χ4n) is 3.98. The minimum absolute atomic E-state index is 0.0476. The van der Waals surface area contributed by atoms with Gasteiger partial charge in [-0.25, -0.2) is 13.4 Å². The molecule has 0 saturated heterocycles. The normalized spacial score (nSPS) is 11.5. The summed E-state index contributed by atoms with van der Waals surface area (Å²) < 4.78 is 38.1. The number of likely N-dealkylation sites (N-methyl/N-ethyl adjacent to an activating group) is 2. The minimum atomic E-state index is -3.73. The number of nitrogens with one attached hydrogen (secondary N) is 1. The van der Waals surface area contributed by atoms with Crippen LogP contribution in [0.1, 0.15) is 32.9 Å². The second kappa shape index (κ2) is 12.8. The zero-order valence-electron chi connectivity index (χ0n) is 22.4. The van der Waals surface area contributed by atoms with Crippen LogP contribution < -0.4 is 4.74 Å². The first-order chi connectivity index (χ1) is 18.0. The Morgan fingerprint density at radius 3 is 2.29 bits per heavy atom. The first-order valence-electron chi connectivity index (χ1n) is 12.1. The Labute approximate surface area is 223 Å². The maximum atomic E-state index is 13.1. The van der Waals surface area contributed by atoms with Crippen molar-refractivity contribution >= 4 is 21.7 Å². The molecule has 0 radical (unpaired) electrons. The molecule has 0 fully saturated rings. The van der Waals surface area contributed by atoms with Gasteiger partial charge in [0.25, 0.3) is 0 Å². The fourth-order valence-corrected chi connectivity index (χ4v) is 5.54. The maximum Gasteiger partial charge on any atom is 0.248 e. The zero-order valence-corrected chi connectivity index (χ0v) is 23.2. The van der Waals surface area contributed by atoms with Crippen LogP contribution in [0.4, 0.5) is 0 Å². The van der Waals surface area contributed by atoms with E-state index in [1.165, 1.54) is 23.4 Å². The van der Waals surface area contributed by atoms with Gasteiger partial charge in [0.2, 0.25) is 15.9 Å². The molecule has 3 aromatic rings. The zero-order chi connectivity index (χ0) is 27.9. The standard InChI is InChI=1S/C27H34N4O6S/c1-19-14-23(36-5)15-20(2)27(19)38(34,35)31(4)12-13-37-18-26(33)30(3)17-21-6-8-22(9-7-21)24(32)16-25-28-10-11-29-25/h6-11,14-15H,12-13,16-18H2,1-5H3,(H,28,29). The van der Waals surface area contributed by atoms with Gasteiger partial charge >= 0.3 is 0 Å². The molecule has 0 bridgehead atoms. The van der Waals surface area contributed by atoms with Crippen LogP contribution in [-0.2, 0) is 32.5 Å². The number of aryl methyl sites for hydroxylation is 2. The number of nitrogens with zero attached hydrogens (tertiary/aromatic N) is 3. The number of hydrogen-bond donors (Lipinski definition) is 1. The summed E-state index contributed by atoms with van der Waals surface area (Å²) in [6.07, 6.45) is 3.47. The van der Waals surface area contributed by atoms with Crippen LogP contribution in [-0.4, -0.2) is 80.2 Å². The topological polar surface area (TPSA) is 122 Å². The third-order valence-electron chi connectivity index (χ3n) is 6.12. The summed E-state index contributed by atoms with van der Waals surface area (Å²) in [4.78, 5) is 33.6. The van der Waals surface area contributed by atoms with Gasteiger partial charge in [-0.05, 0) is 42.7 Å². The number of benzene rings is 2. The van der Waals surface area contributed by atoms with E-state index in [4.69, 9.17) is 9.47 Å². The summed E-state index contributed by atoms with van der Waals surface area (Å²) in [5.41, 5.74) is 2.63. The summed E-state index contributed by atoms with van der Waals surface area (Å²) in [7, 11) is 0.946. The number of H-pyrrole nitrogens is 1. The number of carbonyl (C=O) groups is 2. The summed E-state index contributed by atoms with van der Waals surface area (Å²) in [6.45, 7) is 3.79. The number of carbonyl (C=O) groups excluding carboxylic acids is 2. The molecular weight excluding hydrogens is 508 g/mol. The Bertz CT molecular complexity index is 1330. The number of imidazole rings is 1. The summed E-state index contributed by atoms with van der Waals surface area (Å²) in [6, 6.07) is 10.5. The molecule has 1 amide bonds. The highest BCUT2D eigenvalue weighted by Gasteiger charge is 2.25. The van der Waals surface area contributed by atoms with Gasteiger partial charge in [0.1, 0.15) is 18.2 Å². The van der Waals surface area contributed by atoms with Crippen molar-refractivity contribution in [1.29, 1.82) is 0 Å². The molecule has 1 aromatic heterocycles. The Kier molecular flexibility index (Phi) is 9.78. The lowest BCUT2D eigenvalue weighted by Crippen LogP contribution is -2.33. The molecule has 0 atom stereocenters. The van der Waals surface area contributed by atoms with E-state index in [-0.39, 0.29) is 42.8 Å². The van der Waals surface area contributed by atoms with Crippen molar-refractivity contribution < 1.29 is 27.5 Å². The van der Waals surface area contributed by atoms with Crippen molar-refractivity contribution in [3.63, 3.8) is 0 Å². The number of hydrogen-bond acceptors (Lipinski definition) is 7. The predicted molar refractivity (Wildman–Crippen MR) is 143 cm³/mol. The van der Waals surface area contributed by atoms with E-state index in [2.05, 4.69) is 9.97 Å². The molecule has 38 heavy (non-hydrogen) atoms. The number of rotatable bonds is 13. The van der Waals surface area contributed by atoms with Crippen LogP contribution >= 0.6 is 0 Å². The lowest BCUT2D eigenvalue weighted by Gasteiger charge is -2.21. The van der Waals surface area contributed by atoms with E-state index in [0.29, 0.717) is 34.8 Å². The Hall–Kier alpha value is -3.54. The fraction of sp³-hybridized carbons (Fsp3) is 0.370. The van der Waals surface area contributed by atoms with Crippen LogP contribution in [0, 0.1) is 13.8 Å². The van der Waals surface area contributed by atoms with Crippen LogP contribution in [0.5, 0.6) is 5.75 Å². The molecule has 0 aliphatic carbocycles. The van der Waals surface area contributed by atoms with E-state index in [1.807, 2.05) is 12.1 Å². The Balaban J connectivity index is 1.46. The summed E-state index contributed by atoms with van der Waals surface area (Å²) in [5, 5.41) is 0. The van der Waals surface area contributed by atoms with Crippen LogP contribution in [0.15, 0.2) is 53.7 Å². The molecule has 0 aliphatic rings. The van der Waals surface area contributed by atoms with Crippen molar-refractivity contribution in [3.05, 3.63) is 76.9 Å². The lowest BCUT2D eigenvalue weighted by molar-refractivity contribution is -0.135. The molecule has 1 N–H and O–H groups in total. The average Bonchev–Trinajstić information content (AvgIpc) is 3.39. The van der Waals surface area contributed by atoms with Gasteiger partial charge < -0.3 is 19.4 Å². The van der Waals surface area contributed by atoms with E-state index in [1.54, 1.807) is 57.6 Å². The number of ketones is 1. The Morgan fingerprint density at radius 2 is 1.71 bits per heavy atom. The minimum Gasteiger partial charge on any atom is -0.497 e. The number of ether oxygens (including phenoxy) is 2. The number of Topliss-reactive ketones (excluding diaryl/α,β-unsaturated/α-hetero) is 1. The van der Waals surface area contributed by atoms with Gasteiger partial charge in [0.05, 0.1) is 25.0 Å². The third kappa shape index (κ3) is 7.27. The van der Waals surface area contributed by atoms with Gasteiger partial charge in [-0.15, -0.1) is 0 Å². The summed E-state index contributed by atoms with van der Waals surface area (Å²) in [5.74, 6) is 0.921. The molecule has 204 valence electrons. The third-order valence-corrected chi connectivity index (χ3v) is 8.28. The van der Waals surface area contributed by atoms with Crippen molar-refractivity contribution in [2.24, 2.45) is 0 Å². The first kappa shape index (κ1) is 29.0. The van der Waals surface area contributed by atoms with Crippen LogP contribution in [0.3, 0.4) is 0 Å². The summed E-state index contributed by atoms with van der Waals surface area (Å²) >= 11 is 0. The second-order valence-electron chi connectivity index (χ2n) is 9.05. The van der Waals surface area contributed by atoms with Crippen molar-refractivity contribution in [1.82, 2.24) is 19.2 Å². The number of aromatic nitrogens is 2. The van der Waals surface area contributed by atoms with Crippen LogP contribution in [0.25, 0.3) is 0 Å². The smallest absolute Gasteiger partial charge is 0.248 e. The number of amides is 1. The van der Waals surface area contributed by atoms with E-state index in [0.717, 1.165) is 5.56 Å². The van der Waals surface area contributed by atoms with Crippen molar-refractivity contribution in [3.8, 4) is 5.75 Å². The molecule has 0 spiro atoms. The van der Waals surface area contributed by atoms with E-state index < -0.39 is 10.0 Å². The van der Waals surface area contributed by atoms with Gasteiger partial charge in [-0.2, -0.15) is 4.31 Å². The van der Waals surface area contributed by atoms with E-state index in [9.17, 15) is 18.0 Å². The highest BCUT2D eigenvalue weighted by atomic mass is 32.2. The second-order valence-corrected chi connectivity index (χ2v) is 11.0. The van der Waals surface area contributed by atoms with Gasteiger partial charge in [0, 0.05) is 45.1 Å². The first-order valence-corrected chi connectivity index (χ1v) is 13.5. The molecule has 11 heteroatoms. The van der Waals surface area contributed by atoms with Crippen molar-refractivity contribution in [2.75, 3.05) is 41.0 Å². The SMILES string of the molecule is COc1cc(C)c(S(=O)(=O)N(C)CCOCC(=O)N(C)Cc2ccc(C(=O)Cc3ncc[nH]3)cc2)c(C)c1. The van der Waals surface area contributed by atoms with Gasteiger partial charge in [-0.1, -0.05) is 24.3 Å². The van der Waals surface area contributed by atoms with Crippen molar-refractivity contribution in [2.45, 2.75) is 31.7 Å². The van der Waals surface area contributed by atoms with Crippen LogP contribution in [0.2, 0.25) is 0 Å². The molecule has 10 nitrogen and oxygen atoms in total. The maximum absolute atomic E-state index is 13.1. The largest absolute Gasteiger partial charge is 0.497 e. The molecule has 0 unspecified atom stereocenters. The highest BCUT2D eigenvalue weighted by molar-refractivity contribution is 7.89.